The average molecular weight is 248 g/mol. The summed E-state index contributed by atoms with van der Waals surface area (Å²) in [7, 11) is 2.18. The predicted octanol–water partition coefficient (Wildman–Crippen LogP) is 3.36. The predicted molar refractivity (Wildman–Crippen MR) is 79.7 cm³/mol. The summed E-state index contributed by atoms with van der Waals surface area (Å²) in [4.78, 5) is 2.39. The number of hydrogen-bond donors (Lipinski definition) is 1. The Kier molecular flexibility index (Phi) is 5.83. The van der Waals surface area contributed by atoms with Crippen LogP contribution in [0.2, 0.25) is 0 Å². The standard InChI is InChI=1S/C16H28N2/c1-6-15(17)16(18(5)11-12(2)3)14-9-7-13(4)8-10-14/h7-10,12,15-16H,6,11,17H2,1-5H3. The van der Waals surface area contributed by atoms with Crippen LogP contribution in [0, 0.1) is 12.8 Å². The van der Waals surface area contributed by atoms with Crippen molar-refractivity contribution in [2.24, 2.45) is 11.7 Å². The van der Waals surface area contributed by atoms with Gasteiger partial charge in [-0.1, -0.05) is 50.6 Å². The maximum atomic E-state index is 6.32. The van der Waals surface area contributed by atoms with E-state index in [2.05, 4.69) is 63.9 Å². The number of nitrogens with two attached hydrogens (primary N) is 1. The Bertz CT molecular complexity index is 343. The zero-order valence-electron chi connectivity index (χ0n) is 12.5. The van der Waals surface area contributed by atoms with E-state index < -0.39 is 0 Å². The minimum absolute atomic E-state index is 0.191. The fraction of sp³-hybridized carbons (Fsp3) is 0.625. The van der Waals surface area contributed by atoms with Gasteiger partial charge in [0.05, 0.1) is 0 Å². The highest BCUT2D eigenvalue weighted by Crippen LogP contribution is 2.25. The van der Waals surface area contributed by atoms with E-state index in [-0.39, 0.29) is 6.04 Å². The lowest BCUT2D eigenvalue weighted by molar-refractivity contribution is 0.189. The summed E-state index contributed by atoms with van der Waals surface area (Å²) < 4.78 is 0. The normalized spacial score (nSPS) is 15.1. The molecule has 2 heteroatoms. The second-order valence-electron chi connectivity index (χ2n) is 5.76. The van der Waals surface area contributed by atoms with E-state index in [4.69, 9.17) is 5.73 Å². The summed E-state index contributed by atoms with van der Waals surface area (Å²) in [5, 5.41) is 0. The zero-order chi connectivity index (χ0) is 13.7. The molecule has 18 heavy (non-hydrogen) atoms. The van der Waals surface area contributed by atoms with Gasteiger partial charge in [0.25, 0.3) is 0 Å². The second kappa shape index (κ2) is 6.91. The van der Waals surface area contributed by atoms with Crippen molar-refractivity contribution in [1.29, 1.82) is 0 Å². The highest BCUT2D eigenvalue weighted by molar-refractivity contribution is 5.25. The lowest BCUT2D eigenvalue weighted by atomic mass is 9.95. The van der Waals surface area contributed by atoms with Crippen LogP contribution in [-0.4, -0.2) is 24.5 Å². The van der Waals surface area contributed by atoms with Crippen LogP contribution in [0.1, 0.15) is 44.4 Å². The van der Waals surface area contributed by atoms with Gasteiger partial charge in [0, 0.05) is 18.6 Å². The van der Waals surface area contributed by atoms with E-state index in [0.717, 1.165) is 13.0 Å². The Morgan fingerprint density at radius 3 is 2.17 bits per heavy atom. The molecule has 102 valence electrons. The van der Waals surface area contributed by atoms with Crippen molar-refractivity contribution >= 4 is 0 Å². The van der Waals surface area contributed by atoms with Gasteiger partial charge >= 0.3 is 0 Å². The van der Waals surface area contributed by atoms with E-state index in [1.165, 1.54) is 11.1 Å². The highest BCUT2D eigenvalue weighted by Gasteiger charge is 2.23. The molecule has 0 aliphatic heterocycles. The van der Waals surface area contributed by atoms with E-state index in [1.54, 1.807) is 0 Å². The number of nitrogens with zero attached hydrogens (tertiary/aromatic N) is 1. The van der Waals surface area contributed by atoms with Gasteiger partial charge in [0.15, 0.2) is 0 Å². The van der Waals surface area contributed by atoms with Crippen LogP contribution >= 0.6 is 0 Å². The molecule has 0 aromatic heterocycles. The first kappa shape index (κ1) is 15.2. The summed E-state index contributed by atoms with van der Waals surface area (Å²) >= 11 is 0. The van der Waals surface area contributed by atoms with Gasteiger partial charge < -0.3 is 5.73 Å². The van der Waals surface area contributed by atoms with Gasteiger partial charge in [0.1, 0.15) is 0 Å². The van der Waals surface area contributed by atoms with Gasteiger partial charge in [0.2, 0.25) is 0 Å². The number of aryl methyl sites for hydroxylation is 1. The van der Waals surface area contributed by atoms with Gasteiger partial charge in [-0.05, 0) is 31.9 Å². The molecule has 1 aromatic carbocycles. The van der Waals surface area contributed by atoms with Crippen LogP contribution in [0.5, 0.6) is 0 Å². The Hall–Kier alpha value is -0.860. The maximum Gasteiger partial charge on any atom is 0.0496 e. The van der Waals surface area contributed by atoms with Crippen molar-refractivity contribution in [3.8, 4) is 0 Å². The van der Waals surface area contributed by atoms with Crippen molar-refractivity contribution < 1.29 is 0 Å². The van der Waals surface area contributed by atoms with Crippen LogP contribution < -0.4 is 5.73 Å². The first-order chi connectivity index (χ1) is 8.45. The monoisotopic (exact) mass is 248 g/mol. The zero-order valence-corrected chi connectivity index (χ0v) is 12.5. The Morgan fingerprint density at radius 2 is 1.72 bits per heavy atom. The molecule has 0 spiro atoms. The molecule has 2 unspecified atom stereocenters. The lowest BCUT2D eigenvalue weighted by Crippen LogP contribution is -2.40. The molecular formula is C16H28N2. The maximum absolute atomic E-state index is 6.32. The first-order valence-corrected chi connectivity index (χ1v) is 6.98. The van der Waals surface area contributed by atoms with E-state index in [1.807, 2.05) is 0 Å². The fourth-order valence-electron chi connectivity index (χ4n) is 2.50. The van der Waals surface area contributed by atoms with Crippen LogP contribution in [0.3, 0.4) is 0 Å². The Labute approximate surface area is 112 Å². The molecule has 2 nitrogen and oxygen atoms in total. The second-order valence-corrected chi connectivity index (χ2v) is 5.76. The minimum Gasteiger partial charge on any atom is -0.326 e. The van der Waals surface area contributed by atoms with E-state index >= 15 is 0 Å². The number of rotatable bonds is 6. The molecule has 2 atom stereocenters. The summed E-state index contributed by atoms with van der Waals surface area (Å²) in [5.41, 5.74) is 8.95. The molecule has 0 saturated heterocycles. The van der Waals surface area contributed by atoms with Gasteiger partial charge in [-0.3, -0.25) is 4.90 Å². The van der Waals surface area contributed by atoms with E-state index in [9.17, 15) is 0 Å². The third-order valence-corrected chi connectivity index (χ3v) is 3.42. The van der Waals surface area contributed by atoms with Gasteiger partial charge in [-0.2, -0.15) is 0 Å². The summed E-state index contributed by atoms with van der Waals surface area (Å²) in [6.07, 6.45) is 1.00. The highest BCUT2D eigenvalue weighted by atomic mass is 15.1. The number of benzene rings is 1. The van der Waals surface area contributed by atoms with Crippen molar-refractivity contribution in [3.05, 3.63) is 35.4 Å². The molecule has 1 aromatic rings. The van der Waals surface area contributed by atoms with Crippen LogP contribution in [0.25, 0.3) is 0 Å². The first-order valence-electron chi connectivity index (χ1n) is 6.98. The molecule has 0 radical (unpaired) electrons. The lowest BCUT2D eigenvalue weighted by Gasteiger charge is -2.34. The van der Waals surface area contributed by atoms with Crippen LogP contribution in [0.15, 0.2) is 24.3 Å². The molecule has 0 amide bonds. The molecule has 0 aliphatic rings. The Morgan fingerprint density at radius 1 is 1.17 bits per heavy atom. The van der Waals surface area contributed by atoms with Crippen molar-refractivity contribution in [1.82, 2.24) is 4.90 Å². The molecule has 0 saturated carbocycles. The van der Waals surface area contributed by atoms with E-state index in [0.29, 0.717) is 12.0 Å². The van der Waals surface area contributed by atoms with Crippen molar-refractivity contribution in [2.75, 3.05) is 13.6 Å². The largest absolute Gasteiger partial charge is 0.326 e. The summed E-state index contributed by atoms with van der Waals surface area (Å²) in [5.74, 6) is 0.659. The van der Waals surface area contributed by atoms with Crippen LogP contribution in [0.4, 0.5) is 0 Å². The smallest absolute Gasteiger partial charge is 0.0496 e. The fourth-order valence-corrected chi connectivity index (χ4v) is 2.50. The SMILES string of the molecule is CCC(N)C(c1ccc(C)cc1)N(C)CC(C)C. The number of hydrogen-bond acceptors (Lipinski definition) is 2. The molecule has 1 rings (SSSR count). The van der Waals surface area contributed by atoms with Crippen LogP contribution in [-0.2, 0) is 0 Å². The molecule has 2 N–H and O–H groups in total. The van der Waals surface area contributed by atoms with Gasteiger partial charge in [-0.25, -0.2) is 0 Å². The topological polar surface area (TPSA) is 29.3 Å². The average Bonchev–Trinajstić information content (AvgIpc) is 2.30. The third kappa shape index (κ3) is 4.11. The molecule has 0 aliphatic carbocycles. The quantitative estimate of drug-likeness (QED) is 0.836. The Balaban J connectivity index is 2.94. The number of likely N-dealkylation sites (N-methyl/N-ethyl adjacent to an activating group) is 1. The summed E-state index contributed by atoms with van der Waals surface area (Å²) in [6, 6.07) is 9.29. The summed E-state index contributed by atoms with van der Waals surface area (Å²) in [6.45, 7) is 9.86. The minimum atomic E-state index is 0.191. The van der Waals surface area contributed by atoms with Crippen molar-refractivity contribution in [3.63, 3.8) is 0 Å². The molecule has 0 heterocycles. The van der Waals surface area contributed by atoms with Crippen molar-refractivity contribution in [2.45, 2.75) is 46.2 Å². The molecular weight excluding hydrogens is 220 g/mol. The third-order valence-electron chi connectivity index (χ3n) is 3.42. The van der Waals surface area contributed by atoms with Gasteiger partial charge in [-0.15, -0.1) is 0 Å². The molecule has 0 fully saturated rings. The molecule has 0 bridgehead atoms.